The summed E-state index contributed by atoms with van der Waals surface area (Å²) in [6.45, 7) is 1.65. The van der Waals surface area contributed by atoms with Gasteiger partial charge in [0.15, 0.2) is 0 Å². The Morgan fingerprint density at radius 2 is 2.09 bits per heavy atom. The van der Waals surface area contributed by atoms with Gasteiger partial charge in [-0.2, -0.15) is 0 Å². The van der Waals surface area contributed by atoms with E-state index in [4.69, 9.17) is 10.8 Å². The average Bonchev–Trinajstić information content (AvgIpc) is 3.08. The van der Waals surface area contributed by atoms with Crippen molar-refractivity contribution in [2.45, 2.75) is 25.3 Å². The average molecular weight is 307 g/mol. The van der Waals surface area contributed by atoms with Crippen LogP contribution in [0.2, 0.25) is 0 Å². The van der Waals surface area contributed by atoms with Crippen molar-refractivity contribution >= 4 is 11.9 Å². The van der Waals surface area contributed by atoms with Crippen molar-refractivity contribution in [1.29, 1.82) is 0 Å². The van der Waals surface area contributed by atoms with E-state index in [2.05, 4.69) is 0 Å². The number of carbonyl (C=O) groups is 2. The second kappa shape index (κ2) is 4.78. The molecule has 2 aliphatic rings. The van der Waals surface area contributed by atoms with E-state index in [1.807, 2.05) is 0 Å². The first-order chi connectivity index (χ1) is 10.3. The van der Waals surface area contributed by atoms with E-state index in [0.717, 1.165) is 5.56 Å². The van der Waals surface area contributed by atoms with Crippen LogP contribution in [0.4, 0.5) is 4.39 Å². The Labute approximate surface area is 126 Å². The molecule has 5 atom stereocenters. The number of hydrogen-bond acceptors (Lipinski definition) is 3. The number of aliphatic carboxylic acids is 2. The Morgan fingerprint density at radius 1 is 1.41 bits per heavy atom. The minimum atomic E-state index is -1.52. The van der Waals surface area contributed by atoms with Crippen LogP contribution in [0.25, 0.3) is 0 Å². The monoisotopic (exact) mass is 307 g/mol. The van der Waals surface area contributed by atoms with Crippen molar-refractivity contribution in [1.82, 2.24) is 0 Å². The molecule has 1 aromatic rings. The molecule has 6 heteroatoms. The van der Waals surface area contributed by atoms with Gasteiger partial charge in [-0.3, -0.25) is 9.59 Å². The maximum atomic E-state index is 13.3. The number of rotatable bonds is 4. The van der Waals surface area contributed by atoms with Crippen molar-refractivity contribution < 1.29 is 24.2 Å². The Morgan fingerprint density at radius 3 is 2.64 bits per heavy atom. The fraction of sp³-hybridized carbons (Fsp3) is 0.500. The fourth-order valence-corrected chi connectivity index (χ4v) is 4.14. The van der Waals surface area contributed by atoms with Crippen LogP contribution in [-0.2, 0) is 16.0 Å². The molecule has 4 N–H and O–H groups in total. The summed E-state index contributed by atoms with van der Waals surface area (Å²) in [5.74, 6) is -4.07. The standard InChI is InChI=1S/C16H18FNO4/c1-7-4-8(2-3-11(7)17)5-9-6-10-12(14(19)20)13(10)16(9,18)15(21)22/h2-4,9-10,12-13H,5-6,18H2,1H3,(H,19,20)(H,21,22). The van der Waals surface area contributed by atoms with E-state index in [1.165, 1.54) is 6.07 Å². The third-order valence-corrected chi connectivity index (χ3v) is 5.31. The van der Waals surface area contributed by atoms with E-state index < -0.39 is 29.3 Å². The number of fused-ring (bicyclic) bond motifs is 1. The summed E-state index contributed by atoms with van der Waals surface area (Å²) in [5, 5.41) is 18.7. The van der Waals surface area contributed by atoms with Gasteiger partial charge in [0.1, 0.15) is 11.4 Å². The van der Waals surface area contributed by atoms with Gasteiger partial charge >= 0.3 is 11.9 Å². The molecule has 2 aliphatic carbocycles. The van der Waals surface area contributed by atoms with Gasteiger partial charge in [-0.05, 0) is 48.8 Å². The largest absolute Gasteiger partial charge is 0.481 e. The van der Waals surface area contributed by atoms with Gasteiger partial charge in [0, 0.05) is 5.92 Å². The van der Waals surface area contributed by atoms with Crippen LogP contribution in [0.15, 0.2) is 18.2 Å². The first-order valence-corrected chi connectivity index (χ1v) is 7.27. The number of hydrogen-bond donors (Lipinski definition) is 3. The molecular formula is C16H18FNO4. The Kier molecular flexibility index (Phi) is 3.25. The summed E-state index contributed by atoms with van der Waals surface area (Å²) in [4.78, 5) is 22.8. The summed E-state index contributed by atoms with van der Waals surface area (Å²) in [6.07, 6.45) is 0.907. The molecule has 0 aliphatic heterocycles. The van der Waals surface area contributed by atoms with Crippen LogP contribution in [0.3, 0.4) is 0 Å². The molecule has 22 heavy (non-hydrogen) atoms. The van der Waals surface area contributed by atoms with Gasteiger partial charge in [-0.1, -0.05) is 12.1 Å². The van der Waals surface area contributed by atoms with Gasteiger partial charge in [-0.25, -0.2) is 4.39 Å². The van der Waals surface area contributed by atoms with Crippen LogP contribution in [-0.4, -0.2) is 27.7 Å². The van der Waals surface area contributed by atoms with Crippen molar-refractivity contribution in [3.8, 4) is 0 Å². The van der Waals surface area contributed by atoms with E-state index in [9.17, 15) is 19.1 Å². The zero-order valence-electron chi connectivity index (χ0n) is 12.1. The van der Waals surface area contributed by atoms with E-state index in [1.54, 1.807) is 19.1 Å². The highest BCUT2D eigenvalue weighted by Crippen LogP contribution is 2.64. The smallest absolute Gasteiger partial charge is 0.324 e. The third kappa shape index (κ3) is 2.01. The highest BCUT2D eigenvalue weighted by atomic mass is 19.1. The van der Waals surface area contributed by atoms with E-state index in [0.29, 0.717) is 18.4 Å². The summed E-state index contributed by atoms with van der Waals surface area (Å²) < 4.78 is 13.3. The summed E-state index contributed by atoms with van der Waals surface area (Å²) >= 11 is 0. The van der Waals surface area contributed by atoms with Gasteiger partial charge in [0.25, 0.3) is 0 Å². The quantitative estimate of drug-likeness (QED) is 0.781. The lowest BCUT2D eigenvalue weighted by atomic mass is 9.78. The van der Waals surface area contributed by atoms with E-state index in [-0.39, 0.29) is 17.7 Å². The number of aryl methyl sites for hydroxylation is 1. The zero-order valence-corrected chi connectivity index (χ0v) is 12.1. The molecule has 2 fully saturated rings. The molecule has 0 amide bonds. The van der Waals surface area contributed by atoms with Crippen LogP contribution < -0.4 is 5.73 Å². The molecule has 5 unspecified atom stereocenters. The van der Waals surface area contributed by atoms with Gasteiger partial charge in [-0.15, -0.1) is 0 Å². The topological polar surface area (TPSA) is 101 Å². The summed E-state index contributed by atoms with van der Waals surface area (Å²) in [7, 11) is 0. The summed E-state index contributed by atoms with van der Waals surface area (Å²) in [6, 6.07) is 4.68. The van der Waals surface area contributed by atoms with Gasteiger partial charge in [0.2, 0.25) is 0 Å². The van der Waals surface area contributed by atoms with Crippen molar-refractivity contribution in [2.75, 3.05) is 0 Å². The van der Waals surface area contributed by atoms with Crippen molar-refractivity contribution in [3.63, 3.8) is 0 Å². The molecule has 0 saturated heterocycles. The molecule has 3 rings (SSSR count). The molecule has 0 aromatic heterocycles. The maximum Gasteiger partial charge on any atom is 0.324 e. The van der Waals surface area contributed by atoms with Crippen LogP contribution in [0.5, 0.6) is 0 Å². The highest BCUT2D eigenvalue weighted by Gasteiger charge is 2.73. The lowest BCUT2D eigenvalue weighted by Crippen LogP contribution is -2.55. The number of halogens is 1. The first-order valence-electron chi connectivity index (χ1n) is 7.27. The lowest BCUT2D eigenvalue weighted by molar-refractivity contribution is -0.147. The highest BCUT2D eigenvalue weighted by molar-refractivity contribution is 5.85. The molecule has 0 bridgehead atoms. The Hall–Kier alpha value is -1.95. The van der Waals surface area contributed by atoms with Crippen molar-refractivity contribution in [3.05, 3.63) is 35.1 Å². The third-order valence-electron chi connectivity index (χ3n) is 5.31. The molecule has 2 saturated carbocycles. The van der Waals surface area contributed by atoms with Crippen LogP contribution in [0, 0.1) is 36.4 Å². The molecule has 5 nitrogen and oxygen atoms in total. The SMILES string of the molecule is Cc1cc(CC2CC3C(C(=O)O)C3C2(N)C(=O)O)ccc1F. The minimum Gasteiger partial charge on any atom is -0.481 e. The first kappa shape index (κ1) is 15.0. The summed E-state index contributed by atoms with van der Waals surface area (Å²) in [5.41, 5.74) is 5.95. The molecule has 1 aromatic carbocycles. The van der Waals surface area contributed by atoms with E-state index >= 15 is 0 Å². The molecule has 0 heterocycles. The molecule has 0 spiro atoms. The number of carboxylic acids is 2. The van der Waals surface area contributed by atoms with Crippen molar-refractivity contribution in [2.24, 2.45) is 29.4 Å². The molecular weight excluding hydrogens is 289 g/mol. The predicted molar refractivity (Wildman–Crippen MR) is 75.6 cm³/mol. The normalized spacial score (nSPS) is 36.0. The van der Waals surface area contributed by atoms with Crippen LogP contribution >= 0.6 is 0 Å². The molecule has 118 valence electrons. The number of carboxylic acid groups (broad SMARTS) is 2. The number of nitrogens with two attached hydrogens (primary N) is 1. The second-order valence-corrected chi connectivity index (χ2v) is 6.51. The fourth-order valence-electron chi connectivity index (χ4n) is 4.14. The van der Waals surface area contributed by atoms with Gasteiger partial charge in [0.05, 0.1) is 5.92 Å². The maximum absolute atomic E-state index is 13.3. The Balaban J connectivity index is 1.84. The minimum absolute atomic E-state index is 0.162. The van der Waals surface area contributed by atoms with Gasteiger partial charge < -0.3 is 15.9 Å². The van der Waals surface area contributed by atoms with Crippen LogP contribution in [0.1, 0.15) is 17.5 Å². The Bertz CT molecular complexity index is 662. The predicted octanol–water partition coefficient (Wildman–Crippen LogP) is 1.43. The zero-order chi connectivity index (χ0) is 16.2. The lowest BCUT2D eigenvalue weighted by Gasteiger charge is -2.31. The second-order valence-electron chi connectivity index (χ2n) is 6.51. The molecule has 0 radical (unpaired) electrons. The number of benzene rings is 1.